The molecule has 126 valence electrons. The van der Waals surface area contributed by atoms with Gasteiger partial charge in [0.15, 0.2) is 9.47 Å². The van der Waals surface area contributed by atoms with Crippen molar-refractivity contribution in [3.05, 3.63) is 0 Å². The fraction of sp³-hybridized carbons (Fsp3) is 1.00. The Bertz CT molecular complexity index is 349. The highest BCUT2D eigenvalue weighted by molar-refractivity contribution is 7.34. The summed E-state index contributed by atoms with van der Waals surface area (Å²) in [7, 11) is -7.37. The van der Waals surface area contributed by atoms with Crippen LogP contribution in [0.25, 0.3) is 0 Å². The topological polar surface area (TPSA) is 157 Å². The first kappa shape index (κ1) is 20.2. The second kappa shape index (κ2) is 6.93. The van der Waals surface area contributed by atoms with Crippen molar-refractivity contribution in [1.29, 1.82) is 0 Å². The molecule has 0 spiro atoms. The van der Waals surface area contributed by atoms with Crippen molar-refractivity contribution in [3.8, 4) is 0 Å². The zero-order chi connectivity index (χ0) is 16.5. The standard InChI is InChI=1S/C9H16ClO4P.ClH2O4P/c1-8(2)7-3-5-9(8,6-4-7)15-14-10(11,12)13;2-1(3,4)5-6/h7,15H,3-6H2,1-2H3;6H2. The number of halogens is 2. The molecule has 0 aromatic carbocycles. The molecular weight excluding hydrogens is 369 g/mol. The zero-order valence-electron chi connectivity index (χ0n) is 11.5. The monoisotopic (exact) mass is 386 g/mol. The van der Waals surface area contributed by atoms with Gasteiger partial charge in [-0.2, -0.15) is 28.0 Å². The van der Waals surface area contributed by atoms with Crippen LogP contribution in [0.2, 0.25) is 0 Å². The lowest BCUT2D eigenvalue weighted by atomic mass is 9.81. The van der Waals surface area contributed by atoms with E-state index in [1.165, 1.54) is 9.47 Å². The molecule has 2 fully saturated rings. The Hall–Kier alpha value is 1.12. The van der Waals surface area contributed by atoms with Gasteiger partial charge in [-0.05, 0) is 37.0 Å². The summed E-state index contributed by atoms with van der Waals surface area (Å²) in [5.74, 6) is 0.666. The Morgan fingerprint density at radius 1 is 1.00 bits per heavy atom. The molecule has 2 aliphatic rings. The maximum absolute atomic E-state index is 10.5. The fourth-order valence-electron chi connectivity index (χ4n) is 3.22. The predicted molar refractivity (Wildman–Crippen MR) is 58.7 cm³/mol. The third-order valence-corrected chi connectivity index (χ3v) is 8.00. The van der Waals surface area contributed by atoms with Gasteiger partial charge >= 0.3 is 0 Å². The van der Waals surface area contributed by atoms with Gasteiger partial charge in [0.25, 0.3) is 0 Å². The molecule has 0 N–H and O–H groups in total. The number of fused-ring (bicyclic) bond motifs is 2. The van der Waals surface area contributed by atoms with Crippen LogP contribution >= 0.6 is 18.3 Å². The quantitative estimate of drug-likeness (QED) is 0.444. The molecule has 8 nitrogen and oxygen atoms in total. The van der Waals surface area contributed by atoms with E-state index in [1.807, 2.05) is 0 Å². The van der Waals surface area contributed by atoms with Gasteiger partial charge < -0.3 is 0 Å². The summed E-state index contributed by atoms with van der Waals surface area (Å²) in [4.78, 5) is 0. The molecule has 0 aromatic heterocycles. The van der Waals surface area contributed by atoms with Crippen LogP contribution in [0.4, 0.5) is 0 Å². The second-order valence-corrected chi connectivity index (χ2v) is 9.61. The van der Waals surface area contributed by atoms with E-state index in [9.17, 15) is 28.0 Å². The van der Waals surface area contributed by atoms with Crippen molar-refractivity contribution >= 4 is 18.3 Å². The van der Waals surface area contributed by atoms with Crippen LogP contribution in [-0.2, 0) is 8.15 Å². The molecule has 0 aromatic rings. The molecule has 2 aliphatic carbocycles. The summed E-state index contributed by atoms with van der Waals surface area (Å²) >= 11 is 0. The van der Waals surface area contributed by atoms with Crippen LogP contribution in [0, 0.1) is 31.8 Å². The summed E-state index contributed by atoms with van der Waals surface area (Å²) in [6, 6.07) is 0. The van der Waals surface area contributed by atoms with Gasteiger partial charge in [-0.1, -0.05) is 13.8 Å². The molecule has 0 heterocycles. The number of hydrogen-bond donors (Lipinski definition) is 0. The smallest absolute Gasteiger partial charge is 0.183 e. The van der Waals surface area contributed by atoms with Gasteiger partial charge in [0.1, 0.15) is 0 Å². The summed E-state index contributed by atoms with van der Waals surface area (Å²) in [5.41, 5.74) is 0.117. The minimum Gasteiger partial charge on any atom is -0.183 e. The van der Waals surface area contributed by atoms with Gasteiger partial charge in [-0.25, -0.2) is 0 Å². The van der Waals surface area contributed by atoms with E-state index in [0.717, 1.165) is 25.7 Å². The highest BCUT2D eigenvalue weighted by Crippen LogP contribution is 2.68. The van der Waals surface area contributed by atoms with E-state index in [1.54, 1.807) is 0 Å². The van der Waals surface area contributed by atoms with Crippen molar-refractivity contribution < 1.29 is 56.6 Å². The van der Waals surface area contributed by atoms with Crippen molar-refractivity contribution in [2.75, 3.05) is 0 Å². The van der Waals surface area contributed by atoms with E-state index in [-0.39, 0.29) is 19.4 Å². The lowest BCUT2D eigenvalue weighted by Crippen LogP contribution is -2.60. The van der Waals surface area contributed by atoms with Gasteiger partial charge in [0.2, 0.25) is 8.81 Å². The van der Waals surface area contributed by atoms with Gasteiger partial charge in [-0.15, -0.1) is 0 Å². The average Bonchev–Trinajstić information content (AvgIpc) is 2.73. The lowest BCUT2D eigenvalue weighted by molar-refractivity contribution is -1.91. The molecule has 2 atom stereocenters. The molecule has 0 radical (unpaired) electrons. The summed E-state index contributed by atoms with van der Waals surface area (Å²) in [6.45, 7) is 4.34. The van der Waals surface area contributed by atoms with Crippen LogP contribution in [0.3, 0.4) is 0 Å². The normalized spacial score (nSPS) is 31.6. The first-order chi connectivity index (χ1) is 9.33. The molecule has 2 bridgehead atoms. The summed E-state index contributed by atoms with van der Waals surface area (Å²) < 4.78 is 66.7. The first-order valence-corrected chi connectivity index (χ1v) is 9.84. The molecule has 0 aliphatic heterocycles. The van der Waals surface area contributed by atoms with E-state index >= 15 is 0 Å². The van der Waals surface area contributed by atoms with Gasteiger partial charge in [0.05, 0.1) is 28.6 Å². The maximum Gasteiger partial charge on any atom is 0.208 e. The highest BCUT2D eigenvalue weighted by Gasteiger charge is 2.61. The first-order valence-electron chi connectivity index (χ1n) is 5.99. The third-order valence-electron chi connectivity index (χ3n) is 4.53. The molecule has 0 amide bonds. The number of hydrogen-bond acceptors (Lipinski definition) is 8. The SMILES string of the molecule is CC1(C)C2CCC1(PO[Cl+3]([O-])([O-])[O-])CC2.[O-][Cl+3]([O-])([O-])OP. The summed E-state index contributed by atoms with van der Waals surface area (Å²) in [6.07, 6.45) is 4.26. The van der Waals surface area contributed by atoms with Crippen LogP contribution in [-0.4, -0.2) is 5.16 Å². The summed E-state index contributed by atoms with van der Waals surface area (Å²) in [5, 5.41) is -0.0673. The van der Waals surface area contributed by atoms with Crippen LogP contribution < -0.4 is 28.0 Å². The van der Waals surface area contributed by atoms with E-state index in [2.05, 4.69) is 22.0 Å². The van der Waals surface area contributed by atoms with Crippen LogP contribution in [0.5, 0.6) is 0 Å². The Balaban J connectivity index is 0.000000315. The minimum atomic E-state index is -4.26. The Morgan fingerprint density at radius 2 is 1.43 bits per heavy atom. The van der Waals surface area contributed by atoms with E-state index in [0.29, 0.717) is 5.92 Å². The molecule has 2 saturated carbocycles. The lowest BCUT2D eigenvalue weighted by Gasteiger charge is -2.35. The van der Waals surface area contributed by atoms with Crippen molar-refractivity contribution in [2.24, 2.45) is 11.3 Å². The zero-order valence-corrected chi connectivity index (χ0v) is 15.2. The number of rotatable bonds is 4. The van der Waals surface area contributed by atoms with Gasteiger partial charge in [0, 0.05) is 5.16 Å². The van der Waals surface area contributed by atoms with Crippen LogP contribution in [0.1, 0.15) is 39.5 Å². The van der Waals surface area contributed by atoms with Gasteiger partial charge in [-0.3, -0.25) is 0 Å². The highest BCUT2D eigenvalue weighted by atomic mass is 35.7. The Labute approximate surface area is 131 Å². The second-order valence-electron chi connectivity index (χ2n) is 5.60. The molecule has 0 saturated heterocycles. The predicted octanol–water partition coefficient (Wildman–Crippen LogP) is -3.85. The molecule has 2 unspecified atom stereocenters. The van der Waals surface area contributed by atoms with E-state index < -0.39 is 20.5 Å². The molecule has 21 heavy (non-hydrogen) atoms. The third kappa shape index (κ3) is 5.31. The van der Waals surface area contributed by atoms with Crippen molar-refractivity contribution in [2.45, 2.75) is 44.7 Å². The largest absolute Gasteiger partial charge is 0.208 e. The molecule has 12 heteroatoms. The Morgan fingerprint density at radius 3 is 1.67 bits per heavy atom. The van der Waals surface area contributed by atoms with E-state index in [4.69, 9.17) is 0 Å². The van der Waals surface area contributed by atoms with Crippen LogP contribution in [0.15, 0.2) is 0 Å². The van der Waals surface area contributed by atoms with Crippen molar-refractivity contribution in [3.63, 3.8) is 0 Å². The Kier molecular flexibility index (Phi) is 6.66. The minimum absolute atomic E-state index is 0.0673. The van der Waals surface area contributed by atoms with Crippen molar-refractivity contribution in [1.82, 2.24) is 0 Å². The maximum atomic E-state index is 10.5. The molecule has 2 rings (SSSR count). The average molecular weight is 387 g/mol. The molecular formula is C9H18Cl2O8P2. The fourth-order valence-corrected chi connectivity index (χ4v) is 5.15.